The van der Waals surface area contributed by atoms with Crippen molar-refractivity contribution in [3.63, 3.8) is 0 Å². The Labute approximate surface area is 130 Å². The third-order valence-corrected chi connectivity index (χ3v) is 4.60. The van der Waals surface area contributed by atoms with Gasteiger partial charge >= 0.3 is 0 Å². The third-order valence-electron chi connectivity index (χ3n) is 3.39. The Morgan fingerprint density at radius 3 is 2.80 bits per heavy atom. The van der Waals surface area contributed by atoms with Crippen LogP contribution < -0.4 is 4.74 Å². The molecule has 2 nitrogen and oxygen atoms in total. The number of aryl methyl sites for hydroxylation is 1. The minimum absolute atomic E-state index is 0.117. The first-order chi connectivity index (χ1) is 9.54. The summed E-state index contributed by atoms with van der Waals surface area (Å²) >= 11 is 9.39. The van der Waals surface area contributed by atoms with Gasteiger partial charge in [-0.15, -0.1) is 0 Å². The molecule has 2 aromatic rings. The molecule has 0 spiro atoms. The molecule has 0 saturated carbocycles. The number of rotatable bonds is 1. The second-order valence-corrected chi connectivity index (χ2v) is 6.17. The molecule has 0 N–H and O–H groups in total. The van der Waals surface area contributed by atoms with E-state index >= 15 is 0 Å². The van der Waals surface area contributed by atoms with Gasteiger partial charge in [-0.05, 0) is 52.7 Å². The van der Waals surface area contributed by atoms with Gasteiger partial charge in [0.05, 0.1) is 17.0 Å². The summed E-state index contributed by atoms with van der Waals surface area (Å²) in [5.74, 6) is 0.772. The quantitative estimate of drug-likeness (QED) is 0.713. The van der Waals surface area contributed by atoms with Crippen molar-refractivity contribution in [2.45, 2.75) is 19.4 Å². The highest BCUT2D eigenvalue weighted by Crippen LogP contribution is 2.36. The lowest BCUT2D eigenvalue weighted by molar-refractivity contribution is 0.0850. The molecule has 2 aromatic carbocycles. The number of ketones is 1. The fraction of sp³-hybridized carbons (Fsp3) is 0.188. The van der Waals surface area contributed by atoms with Gasteiger partial charge < -0.3 is 4.74 Å². The number of carbonyl (C=O) groups excluding carboxylic acids is 1. The van der Waals surface area contributed by atoms with Crippen molar-refractivity contribution in [2.24, 2.45) is 0 Å². The molecular weight excluding hydrogens is 340 g/mol. The van der Waals surface area contributed by atoms with Crippen LogP contribution in [0.1, 0.15) is 34.0 Å². The summed E-state index contributed by atoms with van der Waals surface area (Å²) in [6, 6.07) is 11.3. The summed E-state index contributed by atoms with van der Waals surface area (Å²) in [6.07, 6.45) is 0.0936. The van der Waals surface area contributed by atoms with Gasteiger partial charge in [-0.2, -0.15) is 0 Å². The Hall–Kier alpha value is -1.32. The van der Waals surface area contributed by atoms with Crippen LogP contribution in [-0.4, -0.2) is 5.78 Å². The summed E-state index contributed by atoms with van der Waals surface area (Å²) in [6.45, 7) is 1.97. The number of hydrogen-bond donors (Lipinski definition) is 0. The first kappa shape index (κ1) is 13.7. The molecule has 1 heterocycles. The predicted molar refractivity (Wildman–Crippen MR) is 82.6 cm³/mol. The fourth-order valence-electron chi connectivity index (χ4n) is 2.34. The molecule has 0 saturated heterocycles. The smallest absolute Gasteiger partial charge is 0.170 e. The van der Waals surface area contributed by atoms with Gasteiger partial charge in [-0.1, -0.05) is 29.3 Å². The highest BCUT2D eigenvalue weighted by molar-refractivity contribution is 9.10. The molecule has 4 heteroatoms. The number of Topliss-reactive ketones (excluding diaryl/α,β-unsaturated/α-hetero) is 1. The first-order valence-corrected chi connectivity index (χ1v) is 7.47. The number of fused-ring (bicyclic) bond motifs is 1. The maximum Gasteiger partial charge on any atom is 0.170 e. The Morgan fingerprint density at radius 1 is 1.25 bits per heavy atom. The lowest BCUT2D eigenvalue weighted by atomic mass is 9.95. The number of benzene rings is 2. The molecule has 0 radical (unpaired) electrons. The van der Waals surface area contributed by atoms with E-state index in [-0.39, 0.29) is 11.9 Å². The van der Waals surface area contributed by atoms with E-state index in [9.17, 15) is 4.79 Å². The Bertz CT molecular complexity index is 697. The van der Waals surface area contributed by atoms with Gasteiger partial charge in [-0.3, -0.25) is 4.79 Å². The van der Waals surface area contributed by atoms with E-state index in [0.717, 1.165) is 15.6 Å². The van der Waals surface area contributed by atoms with Crippen molar-refractivity contribution >= 4 is 33.3 Å². The summed E-state index contributed by atoms with van der Waals surface area (Å²) in [5, 5.41) is 0.645. The highest BCUT2D eigenvalue weighted by atomic mass is 79.9. The molecule has 1 aliphatic heterocycles. The summed E-state index contributed by atoms with van der Waals surface area (Å²) in [7, 11) is 0. The van der Waals surface area contributed by atoms with Gasteiger partial charge in [0.1, 0.15) is 11.9 Å². The van der Waals surface area contributed by atoms with E-state index in [2.05, 4.69) is 15.9 Å². The first-order valence-electron chi connectivity index (χ1n) is 6.30. The van der Waals surface area contributed by atoms with E-state index in [1.807, 2.05) is 37.3 Å². The molecule has 1 unspecified atom stereocenters. The Morgan fingerprint density at radius 2 is 2.05 bits per heavy atom. The normalized spacial score (nSPS) is 17.6. The van der Waals surface area contributed by atoms with E-state index < -0.39 is 0 Å². The van der Waals surface area contributed by atoms with Gasteiger partial charge in [0.25, 0.3) is 0 Å². The second-order valence-electron chi connectivity index (χ2n) is 4.91. The Balaban J connectivity index is 1.97. The van der Waals surface area contributed by atoms with Crippen molar-refractivity contribution in [1.82, 2.24) is 0 Å². The van der Waals surface area contributed by atoms with Crippen molar-refractivity contribution in [2.75, 3.05) is 0 Å². The molecular formula is C16H12BrClO2. The van der Waals surface area contributed by atoms with Crippen LogP contribution in [-0.2, 0) is 0 Å². The monoisotopic (exact) mass is 350 g/mol. The predicted octanol–water partition coefficient (Wildman–Crippen LogP) is 5.12. The van der Waals surface area contributed by atoms with Gasteiger partial charge in [-0.25, -0.2) is 0 Å². The van der Waals surface area contributed by atoms with Crippen molar-refractivity contribution in [3.8, 4) is 5.75 Å². The van der Waals surface area contributed by atoms with Crippen LogP contribution in [0.2, 0.25) is 5.02 Å². The molecule has 102 valence electrons. The van der Waals surface area contributed by atoms with Crippen LogP contribution in [0, 0.1) is 6.92 Å². The van der Waals surface area contributed by atoms with Gasteiger partial charge in [0.15, 0.2) is 5.78 Å². The van der Waals surface area contributed by atoms with E-state index in [1.165, 1.54) is 0 Å². The SMILES string of the molecule is Cc1ccc2c(c1)C(=O)CC(c1ccc(Cl)c(Br)c1)O2. The van der Waals surface area contributed by atoms with Gasteiger partial charge in [0, 0.05) is 4.47 Å². The van der Waals surface area contributed by atoms with Crippen molar-refractivity contribution in [1.29, 1.82) is 0 Å². The number of hydrogen-bond acceptors (Lipinski definition) is 2. The lowest BCUT2D eigenvalue weighted by Crippen LogP contribution is -2.20. The highest BCUT2D eigenvalue weighted by Gasteiger charge is 2.27. The van der Waals surface area contributed by atoms with Crippen molar-refractivity contribution < 1.29 is 9.53 Å². The molecule has 20 heavy (non-hydrogen) atoms. The zero-order valence-corrected chi connectivity index (χ0v) is 13.2. The van der Waals surface area contributed by atoms with Crippen LogP contribution >= 0.6 is 27.5 Å². The largest absolute Gasteiger partial charge is 0.484 e. The molecule has 1 aliphatic rings. The third kappa shape index (κ3) is 2.48. The van der Waals surface area contributed by atoms with E-state index in [0.29, 0.717) is 22.8 Å². The van der Waals surface area contributed by atoms with Crippen molar-refractivity contribution in [3.05, 3.63) is 62.6 Å². The maximum atomic E-state index is 12.3. The minimum Gasteiger partial charge on any atom is -0.484 e. The molecule has 3 rings (SSSR count). The average molecular weight is 352 g/mol. The summed E-state index contributed by atoms with van der Waals surface area (Å²) < 4.78 is 6.76. The van der Waals surface area contributed by atoms with Crippen LogP contribution in [0.3, 0.4) is 0 Å². The molecule has 0 amide bonds. The second kappa shape index (κ2) is 5.23. The molecule has 1 atom stereocenters. The number of halogens is 2. The maximum absolute atomic E-state index is 12.3. The zero-order valence-electron chi connectivity index (χ0n) is 10.8. The molecule has 0 bridgehead atoms. The average Bonchev–Trinajstić information content (AvgIpc) is 2.42. The minimum atomic E-state index is -0.258. The van der Waals surface area contributed by atoms with E-state index in [1.54, 1.807) is 6.07 Å². The number of ether oxygens (including phenoxy) is 1. The Kier molecular flexibility index (Phi) is 3.57. The van der Waals surface area contributed by atoms with Crippen LogP contribution in [0.25, 0.3) is 0 Å². The fourth-order valence-corrected chi connectivity index (χ4v) is 2.85. The summed E-state index contributed by atoms with van der Waals surface area (Å²) in [5.41, 5.74) is 2.68. The number of carbonyl (C=O) groups is 1. The van der Waals surface area contributed by atoms with Crippen LogP contribution in [0.5, 0.6) is 5.75 Å². The lowest BCUT2D eigenvalue weighted by Gasteiger charge is -2.26. The molecule has 0 fully saturated rings. The topological polar surface area (TPSA) is 26.3 Å². The standard InChI is InChI=1S/C16H12BrClO2/c1-9-2-5-15-11(6-9)14(19)8-16(20-15)10-3-4-13(18)12(17)7-10/h2-7,16H,8H2,1H3. The molecule has 0 aromatic heterocycles. The molecule has 0 aliphatic carbocycles. The van der Waals surface area contributed by atoms with E-state index in [4.69, 9.17) is 16.3 Å². The summed E-state index contributed by atoms with van der Waals surface area (Å²) in [4.78, 5) is 12.3. The van der Waals surface area contributed by atoms with Gasteiger partial charge in [0.2, 0.25) is 0 Å². The zero-order chi connectivity index (χ0) is 14.3. The van der Waals surface area contributed by atoms with Crippen LogP contribution in [0.15, 0.2) is 40.9 Å². The van der Waals surface area contributed by atoms with Crippen LogP contribution in [0.4, 0.5) is 0 Å².